The van der Waals surface area contributed by atoms with Gasteiger partial charge >= 0.3 is 0 Å². The van der Waals surface area contributed by atoms with Gasteiger partial charge in [0, 0.05) is 0 Å². The van der Waals surface area contributed by atoms with Crippen LogP contribution in [0, 0.1) is 5.92 Å². The van der Waals surface area contributed by atoms with E-state index in [9.17, 15) is 0 Å². The van der Waals surface area contributed by atoms with Crippen LogP contribution in [0.5, 0.6) is 11.5 Å². The van der Waals surface area contributed by atoms with Gasteiger partial charge in [-0.3, -0.25) is 0 Å². The van der Waals surface area contributed by atoms with Crippen LogP contribution in [0.25, 0.3) is 11.1 Å². The summed E-state index contributed by atoms with van der Waals surface area (Å²) in [5, 5.41) is 9.01. The average Bonchev–Trinajstić information content (AvgIpc) is 3.61. The molecule has 3 nitrogen and oxygen atoms in total. The maximum atomic E-state index is 9.01. The summed E-state index contributed by atoms with van der Waals surface area (Å²) in [6.07, 6.45) is 3.12. The third-order valence-electron chi connectivity index (χ3n) is 10.5. The molecule has 5 unspecified atom stereocenters. The molecule has 1 N–H and O–H groups in total. The van der Waals surface area contributed by atoms with Crippen LogP contribution < -0.4 is 4.74 Å². The Hall–Kier alpha value is -4.34. The topological polar surface area (TPSA) is 38.7 Å². The molecule has 5 aromatic carbocycles. The summed E-state index contributed by atoms with van der Waals surface area (Å²) in [7, 11) is 0. The van der Waals surface area contributed by atoms with Gasteiger partial charge in [-0.05, 0) is 119 Å². The number of aromatic hydroxyl groups is 1. The fourth-order valence-corrected chi connectivity index (χ4v) is 6.81. The van der Waals surface area contributed by atoms with Crippen LogP contribution in [0.2, 0.25) is 0 Å². The first-order valence-corrected chi connectivity index (χ1v) is 18.2. The Balaban J connectivity index is 0.000000174. The van der Waals surface area contributed by atoms with Crippen LogP contribution in [-0.2, 0) is 11.2 Å². The van der Waals surface area contributed by atoms with Crippen LogP contribution >= 0.6 is 0 Å². The van der Waals surface area contributed by atoms with Gasteiger partial charge in [-0.1, -0.05) is 139 Å². The van der Waals surface area contributed by atoms with Crippen molar-refractivity contribution < 1.29 is 14.6 Å². The predicted octanol–water partition coefficient (Wildman–Crippen LogP) is 12.6. The van der Waals surface area contributed by atoms with Crippen LogP contribution in [0.1, 0.15) is 119 Å². The molecule has 0 saturated carbocycles. The smallest absolute Gasteiger partial charge is 0.198 e. The van der Waals surface area contributed by atoms with Crippen LogP contribution in [0.3, 0.4) is 0 Å². The van der Waals surface area contributed by atoms with Gasteiger partial charge in [-0.15, -0.1) is 0 Å². The summed E-state index contributed by atoms with van der Waals surface area (Å²) in [4.78, 5) is 0. The molecule has 0 fully saturated rings. The highest BCUT2D eigenvalue weighted by Gasteiger charge is 2.30. The molecule has 49 heavy (non-hydrogen) atoms. The lowest BCUT2D eigenvalue weighted by Gasteiger charge is -2.22. The van der Waals surface area contributed by atoms with Gasteiger partial charge < -0.3 is 14.6 Å². The minimum Gasteiger partial charge on any atom is -0.508 e. The third-order valence-corrected chi connectivity index (χ3v) is 10.5. The van der Waals surface area contributed by atoms with Crippen molar-refractivity contribution in [1.82, 2.24) is 0 Å². The normalized spacial score (nSPS) is 17.6. The average molecular weight is 655 g/mol. The van der Waals surface area contributed by atoms with Crippen molar-refractivity contribution in [3.05, 3.63) is 155 Å². The number of ether oxygens (including phenoxy) is 2. The maximum Gasteiger partial charge on any atom is 0.198 e. The molecule has 0 amide bonds. The van der Waals surface area contributed by atoms with E-state index in [1.165, 1.54) is 39.8 Å². The zero-order chi connectivity index (χ0) is 34.9. The first-order valence-electron chi connectivity index (χ1n) is 18.2. The van der Waals surface area contributed by atoms with Gasteiger partial charge in [-0.25, -0.2) is 0 Å². The number of phenolic OH excluding ortho intramolecular Hbond substituents is 1. The van der Waals surface area contributed by atoms with Crippen LogP contribution in [0.15, 0.2) is 121 Å². The molecule has 2 aliphatic carbocycles. The van der Waals surface area contributed by atoms with Crippen molar-refractivity contribution in [1.29, 1.82) is 0 Å². The van der Waals surface area contributed by atoms with Crippen molar-refractivity contribution in [2.75, 3.05) is 0 Å². The molecule has 5 aromatic rings. The molecule has 0 spiro atoms. The van der Waals surface area contributed by atoms with Gasteiger partial charge in [0.25, 0.3) is 0 Å². The quantitative estimate of drug-likeness (QED) is 0.169. The second-order valence-electron chi connectivity index (χ2n) is 13.8. The van der Waals surface area contributed by atoms with E-state index < -0.39 is 0 Å². The van der Waals surface area contributed by atoms with Gasteiger partial charge in [0.1, 0.15) is 17.6 Å². The molecule has 3 heteroatoms. The summed E-state index contributed by atoms with van der Waals surface area (Å²) in [5.41, 5.74) is 10.7. The molecule has 0 radical (unpaired) electrons. The third kappa shape index (κ3) is 8.83. The van der Waals surface area contributed by atoms with E-state index in [4.69, 9.17) is 14.6 Å². The molecular formula is C46H54O3. The lowest BCUT2D eigenvalue weighted by atomic mass is 9.97. The summed E-state index contributed by atoms with van der Waals surface area (Å²) in [5.74, 6) is 3.96. The van der Waals surface area contributed by atoms with E-state index in [2.05, 4.69) is 126 Å². The van der Waals surface area contributed by atoms with Crippen molar-refractivity contribution in [2.24, 2.45) is 5.92 Å². The van der Waals surface area contributed by atoms with E-state index in [0.29, 0.717) is 17.6 Å². The minimum absolute atomic E-state index is 0.0909. The minimum atomic E-state index is -0.344. The Morgan fingerprint density at radius 3 is 1.59 bits per heavy atom. The van der Waals surface area contributed by atoms with E-state index in [1.54, 1.807) is 23.3 Å². The lowest BCUT2D eigenvalue weighted by Crippen LogP contribution is -2.19. The molecule has 0 heterocycles. The molecule has 5 atom stereocenters. The standard InChI is InChI=1S/C25H26O2.C11H14.C10H14O/c1-4-17(2)19-13-15-20(16-14-19)26-18(3)27-25-23-11-7-5-9-21(23)22-10-6-8-12-24(22)25;1-8-7-10-5-3-4-6-11(10)9(8)2;1-3-8(2)9-4-6-10(11)7-5-9/h5-18,25H,4H2,1-3H3;3-6,8-9H,7H2,1-2H3;4-8,11H,3H2,1-2H3. The lowest BCUT2D eigenvalue weighted by molar-refractivity contribution is -0.0945. The van der Waals surface area contributed by atoms with Crippen molar-refractivity contribution in [2.45, 2.75) is 97.9 Å². The Kier molecular flexibility index (Phi) is 12.4. The van der Waals surface area contributed by atoms with Gasteiger partial charge in [-0.2, -0.15) is 0 Å². The highest BCUT2D eigenvalue weighted by molar-refractivity contribution is 5.78. The van der Waals surface area contributed by atoms with E-state index in [1.807, 2.05) is 31.2 Å². The summed E-state index contributed by atoms with van der Waals surface area (Å²) < 4.78 is 12.4. The van der Waals surface area contributed by atoms with Gasteiger partial charge in [0.2, 0.25) is 0 Å². The maximum absolute atomic E-state index is 9.01. The number of rotatable bonds is 8. The van der Waals surface area contributed by atoms with E-state index >= 15 is 0 Å². The molecular weight excluding hydrogens is 601 g/mol. The monoisotopic (exact) mass is 654 g/mol. The van der Waals surface area contributed by atoms with E-state index in [0.717, 1.165) is 30.4 Å². The molecule has 256 valence electrons. The summed E-state index contributed by atoms with van der Waals surface area (Å²) in [6.45, 7) is 15.4. The molecule has 0 aliphatic heterocycles. The SMILES string of the molecule is CC1Cc2ccccc2C1C.CCC(C)c1ccc(O)cc1.CCC(C)c1ccc(OC(C)OC2c3ccccc3-c3ccccc32)cc1. The molecule has 7 rings (SSSR count). The molecule has 2 aliphatic rings. The Morgan fingerprint density at radius 2 is 1.08 bits per heavy atom. The van der Waals surface area contributed by atoms with E-state index in [-0.39, 0.29) is 12.4 Å². The first kappa shape index (κ1) is 36.0. The fourth-order valence-electron chi connectivity index (χ4n) is 6.81. The number of benzene rings is 5. The second kappa shape index (κ2) is 16.9. The second-order valence-corrected chi connectivity index (χ2v) is 13.8. The first-order chi connectivity index (χ1) is 23.7. The number of fused-ring (bicyclic) bond motifs is 4. The number of hydrogen-bond donors (Lipinski definition) is 1. The largest absolute Gasteiger partial charge is 0.508 e. The summed E-state index contributed by atoms with van der Waals surface area (Å²) in [6, 6.07) is 41.5. The summed E-state index contributed by atoms with van der Waals surface area (Å²) >= 11 is 0. The van der Waals surface area contributed by atoms with Gasteiger partial charge in [0.15, 0.2) is 6.29 Å². The Labute approximate surface area is 295 Å². The zero-order valence-corrected chi connectivity index (χ0v) is 30.4. The fraction of sp³-hybridized carbons (Fsp3) is 0.348. The Morgan fingerprint density at radius 1 is 0.612 bits per heavy atom. The molecule has 0 aromatic heterocycles. The van der Waals surface area contributed by atoms with Crippen LogP contribution in [0.4, 0.5) is 0 Å². The highest BCUT2D eigenvalue weighted by atomic mass is 16.7. The predicted molar refractivity (Wildman–Crippen MR) is 205 cm³/mol. The van der Waals surface area contributed by atoms with Crippen molar-refractivity contribution in [3.8, 4) is 22.6 Å². The Bertz CT molecular complexity index is 1710. The highest BCUT2D eigenvalue weighted by Crippen LogP contribution is 2.45. The zero-order valence-electron chi connectivity index (χ0n) is 30.4. The molecule has 0 saturated heterocycles. The molecule has 0 bridgehead atoms. The number of hydrogen-bond acceptors (Lipinski definition) is 3. The van der Waals surface area contributed by atoms with Crippen molar-refractivity contribution >= 4 is 0 Å². The number of phenols is 1. The van der Waals surface area contributed by atoms with Crippen LogP contribution in [-0.4, -0.2) is 11.4 Å². The van der Waals surface area contributed by atoms with Gasteiger partial charge in [0.05, 0.1) is 0 Å². The van der Waals surface area contributed by atoms with Crippen molar-refractivity contribution in [3.63, 3.8) is 0 Å².